The molecule has 0 saturated carbocycles. The van der Waals surface area contributed by atoms with E-state index in [1.54, 1.807) is 12.1 Å². The summed E-state index contributed by atoms with van der Waals surface area (Å²) < 4.78 is 39.5. The zero-order valence-electron chi connectivity index (χ0n) is 21.2. The molecule has 0 spiro atoms. The maximum absolute atomic E-state index is 11.9. The van der Waals surface area contributed by atoms with Crippen molar-refractivity contribution in [2.75, 3.05) is 13.2 Å². The number of carbonyl (C=O) groups is 4. The van der Waals surface area contributed by atoms with E-state index >= 15 is 0 Å². The van der Waals surface area contributed by atoms with Crippen molar-refractivity contribution in [3.05, 3.63) is 36.0 Å². The van der Waals surface area contributed by atoms with Crippen LogP contribution >= 0.6 is 0 Å². The lowest BCUT2D eigenvalue weighted by molar-refractivity contribution is -0.310. The van der Waals surface area contributed by atoms with E-state index in [1.807, 2.05) is 0 Å². The Hall–Kier alpha value is -3.82. The third-order valence-electron chi connectivity index (χ3n) is 5.27. The molecule has 2 aromatic heterocycles. The molecule has 208 valence electrons. The smallest absolute Gasteiger partial charge is 0.303 e. The Labute approximate surface area is 216 Å². The van der Waals surface area contributed by atoms with Gasteiger partial charge in [0.1, 0.15) is 30.2 Å². The topological polar surface area (TPSA) is 188 Å². The fourth-order valence-electron chi connectivity index (χ4n) is 3.81. The van der Waals surface area contributed by atoms with Gasteiger partial charge in [0, 0.05) is 27.7 Å². The van der Waals surface area contributed by atoms with Crippen molar-refractivity contribution in [1.82, 2.24) is 15.0 Å². The van der Waals surface area contributed by atoms with Gasteiger partial charge in [-0.2, -0.15) is 0 Å². The van der Waals surface area contributed by atoms with Crippen LogP contribution in [0.1, 0.15) is 45.2 Å². The Balaban J connectivity index is 1.85. The Kier molecular flexibility index (Phi) is 9.92. The summed E-state index contributed by atoms with van der Waals surface area (Å²) in [6.45, 7) is 3.65. The first kappa shape index (κ1) is 28.7. The second-order valence-corrected chi connectivity index (χ2v) is 8.28. The number of aliphatic hydroxyl groups excluding tert-OH is 1. The molecular formula is C23H29N3O12. The highest BCUT2D eigenvalue weighted by Gasteiger charge is 2.52. The molecule has 0 aliphatic carbocycles. The van der Waals surface area contributed by atoms with Crippen LogP contribution in [0.2, 0.25) is 0 Å². The molecule has 1 saturated heterocycles. The first-order valence-electron chi connectivity index (χ1n) is 11.6. The molecule has 2 aromatic rings. The van der Waals surface area contributed by atoms with Crippen LogP contribution < -0.4 is 0 Å². The standard InChI is InChI=1S/C23H29N3O12/c1-12(28)33-11-19-20(35-13(2)29)21(36-14(3)30)22(37-15(4)31)23(38-19)34-10-16-8-26(25-24-16)17(9-27)18-6-5-7-32-18/h5-8,17,19-23,27H,9-11H2,1-4H3/t17?,19-,20-,21+,22-,23-/m1/s1. The summed E-state index contributed by atoms with van der Waals surface area (Å²) in [6, 6.07) is 2.72. The van der Waals surface area contributed by atoms with E-state index in [0.29, 0.717) is 11.5 Å². The number of aliphatic hydroxyl groups is 1. The Morgan fingerprint density at radius 2 is 1.66 bits per heavy atom. The molecule has 6 atom stereocenters. The number of aromatic nitrogens is 3. The fraction of sp³-hybridized carbons (Fsp3) is 0.565. The molecule has 0 bridgehead atoms. The average Bonchev–Trinajstić information content (AvgIpc) is 3.52. The fourth-order valence-corrected chi connectivity index (χ4v) is 3.81. The highest BCUT2D eigenvalue weighted by atomic mass is 16.7. The van der Waals surface area contributed by atoms with Gasteiger partial charge in [0.15, 0.2) is 24.6 Å². The number of nitrogens with zero attached hydrogens (tertiary/aromatic N) is 3. The zero-order chi connectivity index (χ0) is 27.8. The highest BCUT2D eigenvalue weighted by Crippen LogP contribution is 2.30. The number of esters is 4. The summed E-state index contributed by atoms with van der Waals surface area (Å²) in [5.74, 6) is -2.42. The van der Waals surface area contributed by atoms with Crippen molar-refractivity contribution in [2.24, 2.45) is 0 Å². The first-order valence-corrected chi connectivity index (χ1v) is 11.6. The van der Waals surface area contributed by atoms with Crippen LogP contribution in [-0.2, 0) is 54.2 Å². The SMILES string of the molecule is CC(=O)OC[C@H]1O[C@@H](OCc2cn(C(CO)c3ccco3)nn2)[C@H](OC(C)=O)[C@@H](OC(C)=O)[C@@H]1OC(C)=O. The van der Waals surface area contributed by atoms with Gasteiger partial charge >= 0.3 is 23.9 Å². The maximum Gasteiger partial charge on any atom is 0.303 e. The zero-order valence-corrected chi connectivity index (χ0v) is 21.2. The van der Waals surface area contributed by atoms with E-state index in [0.717, 1.165) is 20.8 Å². The molecule has 3 heterocycles. The summed E-state index contributed by atoms with van der Waals surface area (Å²) in [6.07, 6.45) is -3.54. The van der Waals surface area contributed by atoms with Crippen LogP contribution in [0.5, 0.6) is 0 Å². The second-order valence-electron chi connectivity index (χ2n) is 8.28. The summed E-state index contributed by atoms with van der Waals surface area (Å²) in [5.41, 5.74) is 0.308. The first-order chi connectivity index (χ1) is 18.1. The van der Waals surface area contributed by atoms with Crippen molar-refractivity contribution in [2.45, 2.75) is 71.0 Å². The van der Waals surface area contributed by atoms with Gasteiger partial charge in [-0.1, -0.05) is 5.21 Å². The van der Waals surface area contributed by atoms with Crippen molar-refractivity contribution >= 4 is 23.9 Å². The number of rotatable bonds is 11. The average molecular weight is 539 g/mol. The lowest BCUT2D eigenvalue weighted by Crippen LogP contribution is -2.62. The predicted octanol–water partition coefficient (Wildman–Crippen LogP) is 0.0525. The molecule has 1 fully saturated rings. The number of ether oxygens (including phenoxy) is 6. The third kappa shape index (κ3) is 7.60. The van der Waals surface area contributed by atoms with Crippen LogP contribution in [0.15, 0.2) is 29.0 Å². The lowest BCUT2D eigenvalue weighted by atomic mass is 9.98. The van der Waals surface area contributed by atoms with Crippen LogP contribution in [-0.4, -0.2) is 87.9 Å². The van der Waals surface area contributed by atoms with Gasteiger partial charge in [-0.25, -0.2) is 4.68 Å². The predicted molar refractivity (Wildman–Crippen MR) is 121 cm³/mol. The lowest BCUT2D eigenvalue weighted by Gasteiger charge is -2.43. The van der Waals surface area contributed by atoms with Gasteiger partial charge in [0.25, 0.3) is 0 Å². The molecule has 0 radical (unpaired) electrons. The normalized spacial score (nSPS) is 23.8. The number of furan rings is 1. The molecule has 1 aliphatic heterocycles. The minimum atomic E-state index is -1.36. The monoisotopic (exact) mass is 539 g/mol. The molecule has 3 rings (SSSR count). The van der Waals surface area contributed by atoms with Crippen molar-refractivity contribution < 1.29 is 57.1 Å². The van der Waals surface area contributed by atoms with E-state index in [9.17, 15) is 24.3 Å². The van der Waals surface area contributed by atoms with Gasteiger partial charge in [-0.15, -0.1) is 5.10 Å². The number of hydrogen-bond donors (Lipinski definition) is 1. The molecule has 0 amide bonds. The molecule has 38 heavy (non-hydrogen) atoms. The molecular weight excluding hydrogens is 510 g/mol. The Bertz CT molecular complexity index is 1100. The van der Waals surface area contributed by atoms with E-state index in [4.69, 9.17) is 32.8 Å². The van der Waals surface area contributed by atoms with E-state index in [2.05, 4.69) is 10.3 Å². The van der Waals surface area contributed by atoms with Gasteiger partial charge in [0.05, 0.1) is 25.7 Å². The van der Waals surface area contributed by atoms with Gasteiger partial charge in [-0.3, -0.25) is 19.2 Å². The second kappa shape index (κ2) is 13.1. The van der Waals surface area contributed by atoms with E-state index < -0.39 is 60.6 Å². The summed E-state index contributed by atoms with van der Waals surface area (Å²) >= 11 is 0. The summed E-state index contributed by atoms with van der Waals surface area (Å²) in [4.78, 5) is 47.0. The van der Waals surface area contributed by atoms with Gasteiger partial charge < -0.3 is 37.9 Å². The minimum Gasteiger partial charge on any atom is -0.467 e. The Morgan fingerprint density at radius 3 is 2.24 bits per heavy atom. The summed E-state index contributed by atoms with van der Waals surface area (Å²) in [7, 11) is 0. The van der Waals surface area contributed by atoms with E-state index in [1.165, 1.54) is 24.1 Å². The number of hydrogen-bond acceptors (Lipinski definition) is 14. The van der Waals surface area contributed by atoms with Crippen LogP contribution in [0.25, 0.3) is 0 Å². The maximum atomic E-state index is 11.9. The van der Waals surface area contributed by atoms with Crippen LogP contribution in [0.4, 0.5) is 0 Å². The van der Waals surface area contributed by atoms with E-state index in [-0.39, 0.29) is 19.8 Å². The van der Waals surface area contributed by atoms with Gasteiger partial charge in [0.2, 0.25) is 0 Å². The molecule has 15 heteroatoms. The van der Waals surface area contributed by atoms with Gasteiger partial charge in [-0.05, 0) is 12.1 Å². The minimum absolute atomic E-state index is 0.218. The number of carbonyl (C=O) groups excluding carboxylic acids is 4. The largest absolute Gasteiger partial charge is 0.467 e. The summed E-state index contributed by atoms with van der Waals surface area (Å²) in [5, 5.41) is 17.8. The van der Waals surface area contributed by atoms with Crippen LogP contribution in [0, 0.1) is 0 Å². The molecule has 0 aromatic carbocycles. The molecule has 1 N–H and O–H groups in total. The van der Waals surface area contributed by atoms with Crippen molar-refractivity contribution in [1.29, 1.82) is 0 Å². The highest BCUT2D eigenvalue weighted by molar-refractivity contribution is 5.68. The Morgan fingerprint density at radius 1 is 1.00 bits per heavy atom. The van der Waals surface area contributed by atoms with Crippen molar-refractivity contribution in [3.8, 4) is 0 Å². The molecule has 1 aliphatic rings. The molecule has 15 nitrogen and oxygen atoms in total. The van der Waals surface area contributed by atoms with Crippen LogP contribution in [0.3, 0.4) is 0 Å². The third-order valence-corrected chi connectivity index (χ3v) is 5.27. The van der Waals surface area contributed by atoms with Crippen molar-refractivity contribution in [3.63, 3.8) is 0 Å². The molecule has 1 unspecified atom stereocenters. The quantitative estimate of drug-likeness (QED) is 0.298.